The number of nitrogens with two attached hydrogens (primary N) is 1. The lowest BCUT2D eigenvalue weighted by atomic mass is 9.84. The van der Waals surface area contributed by atoms with E-state index in [9.17, 15) is 4.79 Å². The highest BCUT2D eigenvalue weighted by atomic mass is 31.0. The van der Waals surface area contributed by atoms with Crippen molar-refractivity contribution in [1.29, 1.82) is 0 Å². The Balaban J connectivity index is 0.000000292. The molecule has 0 aromatic heterocycles. The molecule has 1 saturated carbocycles. The maximum absolute atomic E-state index is 10.6. The van der Waals surface area contributed by atoms with Gasteiger partial charge in [0.15, 0.2) is 0 Å². The SMILES string of the molecule is CCC1CCC1.Cc1cccc(P)c1C1C=C(CC=O)C(N)=CN1. The summed E-state index contributed by atoms with van der Waals surface area (Å²) in [4.78, 5) is 10.6. The summed E-state index contributed by atoms with van der Waals surface area (Å²) in [6.45, 7) is 4.36. The standard InChI is InChI=1S/C14H17N2OP.C6H12/c1-9-3-2-4-13(18)14(9)12-7-10(5-6-17)11(15)8-16-12;1-2-6-4-3-5-6/h2-4,6-8,12,16H,5,15,18H2,1H3;6H,2-5H2,1H3. The van der Waals surface area contributed by atoms with Gasteiger partial charge in [0.1, 0.15) is 6.29 Å². The predicted molar refractivity (Wildman–Crippen MR) is 105 cm³/mol. The second-order valence-electron chi connectivity index (χ2n) is 6.59. The van der Waals surface area contributed by atoms with Crippen LogP contribution in [-0.2, 0) is 4.79 Å². The van der Waals surface area contributed by atoms with Crippen molar-refractivity contribution >= 4 is 20.8 Å². The number of aldehydes is 1. The van der Waals surface area contributed by atoms with Crippen LogP contribution in [0.4, 0.5) is 0 Å². The number of hydrogen-bond donors (Lipinski definition) is 2. The minimum absolute atomic E-state index is 0.0703. The second-order valence-corrected chi connectivity index (χ2v) is 7.21. The fraction of sp³-hybridized carbons (Fsp3) is 0.450. The van der Waals surface area contributed by atoms with Gasteiger partial charge in [-0.05, 0) is 34.8 Å². The van der Waals surface area contributed by atoms with Gasteiger partial charge in [-0.3, -0.25) is 0 Å². The highest BCUT2D eigenvalue weighted by Crippen LogP contribution is 2.28. The molecule has 4 heteroatoms. The average molecular weight is 344 g/mol. The Hall–Kier alpha value is -1.60. The van der Waals surface area contributed by atoms with Crippen LogP contribution < -0.4 is 16.4 Å². The van der Waals surface area contributed by atoms with Crippen LogP contribution in [0.1, 0.15) is 56.2 Å². The van der Waals surface area contributed by atoms with E-state index < -0.39 is 0 Å². The van der Waals surface area contributed by atoms with Gasteiger partial charge in [-0.2, -0.15) is 0 Å². The number of hydrogen-bond acceptors (Lipinski definition) is 3. The number of carbonyl (C=O) groups is 1. The van der Waals surface area contributed by atoms with Crippen LogP contribution in [0.5, 0.6) is 0 Å². The number of aryl methyl sites for hydroxylation is 1. The minimum Gasteiger partial charge on any atom is -0.397 e. The lowest BCUT2D eigenvalue weighted by molar-refractivity contribution is -0.107. The van der Waals surface area contributed by atoms with Crippen LogP contribution in [0.25, 0.3) is 0 Å². The number of benzene rings is 1. The molecule has 2 unspecified atom stereocenters. The summed E-state index contributed by atoms with van der Waals surface area (Å²) >= 11 is 0. The van der Waals surface area contributed by atoms with Crippen molar-refractivity contribution in [3.8, 4) is 0 Å². The Morgan fingerprint density at radius 1 is 1.38 bits per heavy atom. The van der Waals surface area contributed by atoms with Gasteiger partial charge in [-0.1, -0.05) is 56.9 Å². The smallest absolute Gasteiger partial charge is 0.124 e. The number of rotatable bonds is 4. The molecular formula is C20H29N2OP. The van der Waals surface area contributed by atoms with Crippen molar-refractivity contribution in [2.24, 2.45) is 11.7 Å². The number of dihydropyridines is 1. The van der Waals surface area contributed by atoms with Gasteiger partial charge < -0.3 is 15.8 Å². The molecule has 1 aromatic rings. The van der Waals surface area contributed by atoms with Crippen molar-refractivity contribution in [2.75, 3.05) is 0 Å². The van der Waals surface area contributed by atoms with Gasteiger partial charge in [0.25, 0.3) is 0 Å². The second kappa shape index (κ2) is 9.03. The maximum Gasteiger partial charge on any atom is 0.124 e. The summed E-state index contributed by atoms with van der Waals surface area (Å²) in [6, 6.07) is 6.24. The van der Waals surface area contributed by atoms with Crippen molar-refractivity contribution < 1.29 is 4.79 Å². The summed E-state index contributed by atoms with van der Waals surface area (Å²) in [7, 11) is 2.75. The first-order valence-electron chi connectivity index (χ1n) is 8.78. The number of nitrogens with one attached hydrogen (secondary N) is 1. The Morgan fingerprint density at radius 3 is 2.62 bits per heavy atom. The van der Waals surface area contributed by atoms with E-state index in [1.165, 1.54) is 36.8 Å². The van der Waals surface area contributed by atoms with Gasteiger partial charge in [-0.25, -0.2) is 0 Å². The van der Waals surface area contributed by atoms with Gasteiger partial charge in [0.05, 0.1) is 11.7 Å². The van der Waals surface area contributed by atoms with Crippen molar-refractivity contribution in [1.82, 2.24) is 5.32 Å². The first kappa shape index (κ1) is 18.7. The van der Waals surface area contributed by atoms with Crippen LogP contribution in [0.15, 0.2) is 41.7 Å². The van der Waals surface area contributed by atoms with Crippen LogP contribution in [-0.4, -0.2) is 6.29 Å². The molecule has 2 atom stereocenters. The number of carbonyl (C=O) groups excluding carboxylic acids is 1. The predicted octanol–water partition coefficient (Wildman–Crippen LogP) is 3.65. The van der Waals surface area contributed by atoms with E-state index in [1.807, 2.05) is 12.1 Å². The highest BCUT2D eigenvalue weighted by Gasteiger charge is 2.18. The lowest BCUT2D eigenvalue weighted by Gasteiger charge is -2.24. The Bertz CT molecular complexity index is 610. The van der Waals surface area contributed by atoms with E-state index >= 15 is 0 Å². The Labute approximate surface area is 148 Å². The van der Waals surface area contributed by atoms with Crippen LogP contribution >= 0.6 is 9.24 Å². The molecule has 0 spiro atoms. The molecule has 3 nitrogen and oxygen atoms in total. The third-order valence-corrected chi connectivity index (χ3v) is 5.43. The molecule has 1 fully saturated rings. The fourth-order valence-electron chi connectivity index (χ4n) is 3.09. The van der Waals surface area contributed by atoms with Crippen LogP contribution in [0.3, 0.4) is 0 Å². The summed E-state index contributed by atoms with van der Waals surface area (Å²) < 4.78 is 0. The molecule has 0 amide bonds. The molecule has 0 radical (unpaired) electrons. The fourth-order valence-corrected chi connectivity index (χ4v) is 3.61. The zero-order chi connectivity index (χ0) is 17.5. The number of allylic oxidation sites excluding steroid dienone is 1. The topological polar surface area (TPSA) is 55.1 Å². The monoisotopic (exact) mass is 344 g/mol. The summed E-state index contributed by atoms with van der Waals surface area (Å²) in [6.07, 6.45) is 11.0. The van der Waals surface area contributed by atoms with Gasteiger partial charge in [0.2, 0.25) is 0 Å². The normalized spacial score (nSPS) is 19.9. The molecule has 3 rings (SSSR count). The summed E-state index contributed by atoms with van der Waals surface area (Å²) in [5.74, 6) is 1.12. The van der Waals surface area contributed by atoms with E-state index in [0.717, 1.165) is 23.1 Å². The first-order chi connectivity index (χ1) is 11.6. The summed E-state index contributed by atoms with van der Waals surface area (Å²) in [5, 5.41) is 4.42. The van der Waals surface area contributed by atoms with E-state index in [2.05, 4.69) is 40.5 Å². The quantitative estimate of drug-likeness (QED) is 0.647. The third kappa shape index (κ3) is 4.70. The van der Waals surface area contributed by atoms with Crippen molar-refractivity contribution in [3.63, 3.8) is 0 Å². The van der Waals surface area contributed by atoms with Crippen LogP contribution in [0.2, 0.25) is 0 Å². The minimum atomic E-state index is 0.0703. The third-order valence-electron chi connectivity index (χ3n) is 4.93. The maximum atomic E-state index is 10.6. The summed E-state index contributed by atoms with van der Waals surface area (Å²) in [5.41, 5.74) is 9.81. The zero-order valence-corrected chi connectivity index (χ0v) is 15.9. The largest absolute Gasteiger partial charge is 0.397 e. The molecule has 1 aliphatic heterocycles. The van der Waals surface area contributed by atoms with E-state index in [-0.39, 0.29) is 6.04 Å². The Kier molecular flexibility index (Phi) is 7.05. The van der Waals surface area contributed by atoms with Gasteiger partial charge in [0, 0.05) is 12.6 Å². The molecule has 130 valence electrons. The molecule has 1 aliphatic carbocycles. The Morgan fingerprint density at radius 2 is 2.12 bits per heavy atom. The van der Waals surface area contributed by atoms with E-state index in [0.29, 0.717) is 12.1 Å². The molecule has 0 saturated heterocycles. The molecule has 0 bridgehead atoms. The molecule has 24 heavy (non-hydrogen) atoms. The molecule has 1 aromatic carbocycles. The lowest BCUT2D eigenvalue weighted by Crippen LogP contribution is -2.25. The van der Waals surface area contributed by atoms with E-state index in [4.69, 9.17) is 5.73 Å². The van der Waals surface area contributed by atoms with E-state index in [1.54, 1.807) is 6.20 Å². The molecular weight excluding hydrogens is 315 g/mol. The molecule has 3 N–H and O–H groups in total. The average Bonchev–Trinajstić information content (AvgIpc) is 2.50. The van der Waals surface area contributed by atoms with Crippen molar-refractivity contribution in [3.05, 3.63) is 52.9 Å². The first-order valence-corrected chi connectivity index (χ1v) is 9.35. The highest BCUT2D eigenvalue weighted by molar-refractivity contribution is 7.27. The molecule has 1 heterocycles. The van der Waals surface area contributed by atoms with Crippen molar-refractivity contribution in [2.45, 2.75) is 52.0 Å². The van der Waals surface area contributed by atoms with Crippen LogP contribution in [0, 0.1) is 12.8 Å². The molecule has 2 aliphatic rings. The zero-order valence-electron chi connectivity index (χ0n) is 14.7. The van der Waals surface area contributed by atoms with Gasteiger partial charge in [-0.15, -0.1) is 9.24 Å². The van der Waals surface area contributed by atoms with Gasteiger partial charge >= 0.3 is 0 Å².